The van der Waals surface area contributed by atoms with Crippen LogP contribution in [0.15, 0.2) is 23.2 Å². The average Bonchev–Trinajstić information content (AvgIpc) is 2.46. The molecule has 0 radical (unpaired) electrons. The molecule has 1 aromatic rings. The van der Waals surface area contributed by atoms with E-state index in [1.54, 1.807) is 7.11 Å². The molecule has 3 N–H and O–H groups in total. The van der Waals surface area contributed by atoms with Gasteiger partial charge < -0.3 is 15.8 Å². The lowest BCUT2D eigenvalue weighted by atomic mass is 10.1. The van der Waals surface area contributed by atoms with Gasteiger partial charge in [0.25, 0.3) is 0 Å². The monoisotopic (exact) mass is 277 g/mol. The molecule has 4 heteroatoms. The van der Waals surface area contributed by atoms with Crippen molar-refractivity contribution in [3.8, 4) is 5.75 Å². The van der Waals surface area contributed by atoms with Crippen molar-refractivity contribution in [2.45, 2.75) is 46.1 Å². The van der Waals surface area contributed by atoms with Crippen molar-refractivity contribution >= 4 is 5.96 Å². The van der Waals surface area contributed by atoms with Gasteiger partial charge in [-0.2, -0.15) is 0 Å². The molecule has 0 atom stereocenters. The molecule has 0 fully saturated rings. The third kappa shape index (κ3) is 5.95. The van der Waals surface area contributed by atoms with E-state index in [4.69, 9.17) is 10.5 Å². The van der Waals surface area contributed by atoms with E-state index in [1.165, 1.54) is 19.3 Å². The first-order valence-electron chi connectivity index (χ1n) is 7.34. The van der Waals surface area contributed by atoms with Crippen LogP contribution in [-0.4, -0.2) is 19.6 Å². The van der Waals surface area contributed by atoms with Gasteiger partial charge in [-0.25, -0.2) is 4.99 Å². The van der Waals surface area contributed by atoms with Crippen molar-refractivity contribution < 1.29 is 4.74 Å². The predicted molar refractivity (Wildman–Crippen MR) is 85.2 cm³/mol. The number of methoxy groups -OCH3 is 1. The van der Waals surface area contributed by atoms with E-state index in [0.29, 0.717) is 12.5 Å². The van der Waals surface area contributed by atoms with Crippen LogP contribution in [-0.2, 0) is 6.54 Å². The molecule has 0 heterocycles. The van der Waals surface area contributed by atoms with E-state index < -0.39 is 0 Å². The Bertz CT molecular complexity index is 430. The smallest absolute Gasteiger partial charge is 0.188 e. The number of unbranched alkanes of at least 4 members (excludes halogenated alkanes) is 3. The second-order valence-electron chi connectivity index (χ2n) is 4.99. The second kappa shape index (κ2) is 9.23. The molecule has 0 aliphatic rings. The SMILES string of the molecule is CCCCCCNC(N)=NCc1ccc(C)c(OC)c1. The summed E-state index contributed by atoms with van der Waals surface area (Å²) in [5.41, 5.74) is 8.07. The minimum atomic E-state index is 0.515. The Labute approximate surface area is 122 Å². The molecule has 0 saturated heterocycles. The van der Waals surface area contributed by atoms with Crippen LogP contribution >= 0.6 is 0 Å². The minimum Gasteiger partial charge on any atom is -0.496 e. The van der Waals surface area contributed by atoms with Crippen molar-refractivity contribution in [1.29, 1.82) is 0 Å². The van der Waals surface area contributed by atoms with E-state index in [-0.39, 0.29) is 0 Å². The van der Waals surface area contributed by atoms with E-state index in [1.807, 2.05) is 19.1 Å². The van der Waals surface area contributed by atoms with E-state index in [2.05, 4.69) is 23.3 Å². The topological polar surface area (TPSA) is 59.6 Å². The molecule has 0 aromatic heterocycles. The molecule has 112 valence electrons. The van der Waals surface area contributed by atoms with Crippen molar-refractivity contribution in [1.82, 2.24) is 5.32 Å². The van der Waals surface area contributed by atoms with Gasteiger partial charge in [0.05, 0.1) is 13.7 Å². The molecule has 0 unspecified atom stereocenters. The second-order valence-corrected chi connectivity index (χ2v) is 4.99. The van der Waals surface area contributed by atoms with Crippen LogP contribution in [0.1, 0.15) is 43.7 Å². The zero-order chi connectivity index (χ0) is 14.8. The maximum atomic E-state index is 5.84. The van der Waals surface area contributed by atoms with Crippen molar-refractivity contribution in [3.63, 3.8) is 0 Å². The first kappa shape index (κ1) is 16.3. The Balaban J connectivity index is 2.38. The molecule has 0 aliphatic heterocycles. The number of hydrogen-bond acceptors (Lipinski definition) is 2. The van der Waals surface area contributed by atoms with Gasteiger partial charge >= 0.3 is 0 Å². The zero-order valence-corrected chi connectivity index (χ0v) is 12.9. The third-order valence-electron chi connectivity index (χ3n) is 3.24. The number of nitrogens with one attached hydrogen (secondary N) is 1. The van der Waals surface area contributed by atoms with Gasteiger partial charge in [-0.05, 0) is 30.5 Å². The van der Waals surface area contributed by atoms with Crippen LogP contribution in [0.2, 0.25) is 0 Å². The van der Waals surface area contributed by atoms with Crippen LogP contribution in [0.4, 0.5) is 0 Å². The molecule has 0 amide bonds. The summed E-state index contributed by atoms with van der Waals surface area (Å²) in [4.78, 5) is 4.35. The van der Waals surface area contributed by atoms with Crippen LogP contribution in [0.25, 0.3) is 0 Å². The average molecular weight is 277 g/mol. The highest BCUT2D eigenvalue weighted by Crippen LogP contribution is 2.19. The maximum absolute atomic E-state index is 5.84. The van der Waals surface area contributed by atoms with Crippen molar-refractivity contribution in [2.24, 2.45) is 10.7 Å². The Kier molecular flexibility index (Phi) is 7.55. The van der Waals surface area contributed by atoms with Gasteiger partial charge in [0.1, 0.15) is 5.75 Å². The maximum Gasteiger partial charge on any atom is 0.188 e. The lowest BCUT2D eigenvalue weighted by molar-refractivity contribution is 0.411. The molecular formula is C16H27N3O. The quantitative estimate of drug-likeness (QED) is 0.436. The number of nitrogens with zero attached hydrogens (tertiary/aromatic N) is 1. The summed E-state index contributed by atoms with van der Waals surface area (Å²) < 4.78 is 5.30. The summed E-state index contributed by atoms with van der Waals surface area (Å²) in [7, 11) is 1.68. The van der Waals surface area contributed by atoms with Crippen molar-refractivity contribution in [3.05, 3.63) is 29.3 Å². The van der Waals surface area contributed by atoms with Crippen LogP contribution in [0.3, 0.4) is 0 Å². The van der Waals surface area contributed by atoms with Gasteiger partial charge in [-0.3, -0.25) is 0 Å². The van der Waals surface area contributed by atoms with E-state index in [0.717, 1.165) is 29.8 Å². The minimum absolute atomic E-state index is 0.515. The number of nitrogens with two attached hydrogens (primary N) is 1. The summed E-state index contributed by atoms with van der Waals surface area (Å²) >= 11 is 0. The fourth-order valence-electron chi connectivity index (χ4n) is 1.96. The number of benzene rings is 1. The normalized spacial score (nSPS) is 11.4. The van der Waals surface area contributed by atoms with E-state index >= 15 is 0 Å². The number of hydrogen-bond donors (Lipinski definition) is 2. The molecule has 1 aromatic carbocycles. The predicted octanol–water partition coefficient (Wildman–Crippen LogP) is 2.99. The summed E-state index contributed by atoms with van der Waals surface area (Å²) in [5.74, 6) is 1.41. The molecule has 0 spiro atoms. The molecule has 4 nitrogen and oxygen atoms in total. The van der Waals surface area contributed by atoms with Gasteiger partial charge in [0.2, 0.25) is 0 Å². The number of aliphatic imine (C=N–C) groups is 1. The first-order chi connectivity index (χ1) is 9.67. The van der Waals surface area contributed by atoms with Gasteiger partial charge in [0, 0.05) is 6.54 Å². The lowest BCUT2D eigenvalue weighted by Crippen LogP contribution is -2.32. The van der Waals surface area contributed by atoms with Gasteiger partial charge in [-0.15, -0.1) is 0 Å². The highest BCUT2D eigenvalue weighted by Gasteiger charge is 2.00. The highest BCUT2D eigenvalue weighted by atomic mass is 16.5. The molecular weight excluding hydrogens is 250 g/mol. The van der Waals surface area contributed by atoms with Gasteiger partial charge in [0.15, 0.2) is 5.96 Å². The standard InChI is InChI=1S/C16H27N3O/c1-4-5-6-7-10-18-16(17)19-12-14-9-8-13(2)15(11-14)20-3/h8-9,11H,4-7,10,12H2,1-3H3,(H3,17,18,19). The Hall–Kier alpha value is -1.71. The van der Waals surface area contributed by atoms with Crippen LogP contribution in [0, 0.1) is 6.92 Å². The largest absolute Gasteiger partial charge is 0.496 e. The molecule has 20 heavy (non-hydrogen) atoms. The molecule has 1 rings (SSSR count). The summed E-state index contributed by atoms with van der Waals surface area (Å²) in [6, 6.07) is 6.10. The lowest BCUT2D eigenvalue weighted by Gasteiger charge is -2.07. The number of ether oxygens (including phenoxy) is 1. The first-order valence-corrected chi connectivity index (χ1v) is 7.34. The zero-order valence-electron chi connectivity index (χ0n) is 12.9. The molecule has 0 aliphatic carbocycles. The van der Waals surface area contributed by atoms with Gasteiger partial charge in [-0.1, -0.05) is 38.3 Å². The molecule has 0 saturated carbocycles. The summed E-state index contributed by atoms with van der Waals surface area (Å²) in [6.07, 6.45) is 4.91. The Morgan fingerprint density at radius 1 is 1.30 bits per heavy atom. The highest BCUT2D eigenvalue weighted by molar-refractivity contribution is 5.77. The number of rotatable bonds is 8. The van der Waals surface area contributed by atoms with Crippen molar-refractivity contribution in [2.75, 3.05) is 13.7 Å². The fourth-order valence-corrected chi connectivity index (χ4v) is 1.96. The van der Waals surface area contributed by atoms with Crippen LogP contribution < -0.4 is 15.8 Å². The van der Waals surface area contributed by atoms with Crippen LogP contribution in [0.5, 0.6) is 5.75 Å². The molecule has 0 bridgehead atoms. The number of aryl methyl sites for hydroxylation is 1. The Morgan fingerprint density at radius 3 is 2.80 bits per heavy atom. The fraction of sp³-hybridized carbons (Fsp3) is 0.562. The summed E-state index contributed by atoms with van der Waals surface area (Å²) in [5, 5.41) is 3.15. The van der Waals surface area contributed by atoms with E-state index in [9.17, 15) is 0 Å². The summed E-state index contributed by atoms with van der Waals surface area (Å²) in [6.45, 7) is 5.70. The Morgan fingerprint density at radius 2 is 2.10 bits per heavy atom. The third-order valence-corrected chi connectivity index (χ3v) is 3.24. The number of guanidine groups is 1.